The Kier molecular flexibility index (Phi) is 3.76. The van der Waals surface area contributed by atoms with Gasteiger partial charge in [0.15, 0.2) is 0 Å². The third kappa shape index (κ3) is 2.70. The zero-order valence-electron chi connectivity index (χ0n) is 13.2. The highest BCUT2D eigenvalue weighted by atomic mass is 15.3. The maximum atomic E-state index is 4.67. The van der Waals surface area contributed by atoms with E-state index in [9.17, 15) is 0 Å². The molecule has 5 heteroatoms. The first-order chi connectivity index (χ1) is 10.1. The third-order valence-corrected chi connectivity index (χ3v) is 4.14. The summed E-state index contributed by atoms with van der Waals surface area (Å²) in [6.45, 7) is 7.39. The second kappa shape index (κ2) is 5.56. The quantitative estimate of drug-likeness (QED) is 0.869. The summed E-state index contributed by atoms with van der Waals surface area (Å²) in [5, 5.41) is 4.41. The second-order valence-electron chi connectivity index (χ2n) is 6.12. The van der Waals surface area contributed by atoms with Gasteiger partial charge in [0.1, 0.15) is 5.82 Å². The van der Waals surface area contributed by atoms with E-state index in [2.05, 4.69) is 46.9 Å². The summed E-state index contributed by atoms with van der Waals surface area (Å²) in [7, 11) is 2.17. The van der Waals surface area contributed by atoms with Gasteiger partial charge in [-0.05, 0) is 59.3 Å². The number of aromatic nitrogens is 4. The summed E-state index contributed by atoms with van der Waals surface area (Å²) in [6, 6.07) is 4.91. The van der Waals surface area contributed by atoms with E-state index in [1.807, 2.05) is 23.9 Å². The van der Waals surface area contributed by atoms with Crippen LogP contribution in [0.4, 0.5) is 0 Å². The molecule has 0 bridgehead atoms. The summed E-state index contributed by atoms with van der Waals surface area (Å²) in [6.07, 6.45) is 4.26. The minimum Gasteiger partial charge on any atom is -0.298 e. The van der Waals surface area contributed by atoms with E-state index in [0.717, 1.165) is 29.5 Å². The molecule has 5 nitrogen and oxygen atoms in total. The van der Waals surface area contributed by atoms with E-state index in [4.69, 9.17) is 0 Å². The molecule has 1 aliphatic rings. The van der Waals surface area contributed by atoms with Gasteiger partial charge >= 0.3 is 0 Å². The fourth-order valence-corrected chi connectivity index (χ4v) is 3.11. The summed E-state index contributed by atoms with van der Waals surface area (Å²) in [5.74, 6) is 0.833. The normalized spacial score (nSPS) is 19.6. The standard InChI is InChI=1S/C16H23N5/c1-11(2)21-16(7-8-17-21)14-10-13(18-12(3)19-14)15-6-5-9-20(15)4/h7-8,10-11,15H,5-6,9H2,1-4H3/t15-/m1/s1. The first-order valence-electron chi connectivity index (χ1n) is 7.66. The molecule has 0 amide bonds. The maximum Gasteiger partial charge on any atom is 0.126 e. The van der Waals surface area contributed by atoms with Crippen LogP contribution in [-0.2, 0) is 0 Å². The molecule has 3 heterocycles. The fourth-order valence-electron chi connectivity index (χ4n) is 3.11. The molecule has 3 rings (SSSR count). The molecule has 0 spiro atoms. The third-order valence-electron chi connectivity index (χ3n) is 4.14. The zero-order chi connectivity index (χ0) is 15.0. The summed E-state index contributed by atoms with van der Waals surface area (Å²) in [4.78, 5) is 11.7. The molecule has 21 heavy (non-hydrogen) atoms. The molecule has 2 aromatic rings. The smallest absolute Gasteiger partial charge is 0.126 e. The van der Waals surface area contributed by atoms with Crippen LogP contribution in [0, 0.1) is 6.92 Å². The second-order valence-corrected chi connectivity index (χ2v) is 6.12. The average Bonchev–Trinajstić information content (AvgIpc) is 3.06. The van der Waals surface area contributed by atoms with E-state index in [1.54, 1.807) is 0 Å². The van der Waals surface area contributed by atoms with Crippen molar-refractivity contribution >= 4 is 0 Å². The molecule has 1 fully saturated rings. The average molecular weight is 285 g/mol. The van der Waals surface area contributed by atoms with Crippen molar-refractivity contribution in [2.45, 2.75) is 45.7 Å². The Morgan fingerprint density at radius 1 is 1.29 bits per heavy atom. The van der Waals surface area contributed by atoms with Crippen LogP contribution in [0.2, 0.25) is 0 Å². The summed E-state index contributed by atoms with van der Waals surface area (Å²) < 4.78 is 2.02. The number of rotatable bonds is 3. The van der Waals surface area contributed by atoms with Crippen LogP contribution in [0.15, 0.2) is 18.3 Å². The first-order valence-corrected chi connectivity index (χ1v) is 7.66. The Morgan fingerprint density at radius 3 is 2.76 bits per heavy atom. The van der Waals surface area contributed by atoms with Crippen LogP contribution >= 0.6 is 0 Å². The van der Waals surface area contributed by atoms with Crippen molar-refractivity contribution < 1.29 is 0 Å². The number of hydrogen-bond donors (Lipinski definition) is 0. The lowest BCUT2D eigenvalue weighted by atomic mass is 10.1. The first kappa shape index (κ1) is 14.2. The SMILES string of the molecule is Cc1nc(-c2ccnn2C(C)C)cc([C@H]2CCCN2C)n1. The van der Waals surface area contributed by atoms with Crippen molar-refractivity contribution in [3.8, 4) is 11.4 Å². The molecule has 112 valence electrons. The van der Waals surface area contributed by atoms with Crippen molar-refractivity contribution in [3.63, 3.8) is 0 Å². The van der Waals surface area contributed by atoms with Gasteiger partial charge < -0.3 is 0 Å². The molecular weight excluding hydrogens is 262 g/mol. The van der Waals surface area contributed by atoms with E-state index in [-0.39, 0.29) is 0 Å². The van der Waals surface area contributed by atoms with Crippen molar-refractivity contribution in [3.05, 3.63) is 29.8 Å². The monoisotopic (exact) mass is 285 g/mol. The molecule has 1 atom stereocenters. The highest BCUT2D eigenvalue weighted by Crippen LogP contribution is 2.31. The number of likely N-dealkylation sites (tertiary alicyclic amines) is 1. The van der Waals surface area contributed by atoms with Crippen molar-refractivity contribution in [2.75, 3.05) is 13.6 Å². The van der Waals surface area contributed by atoms with Crippen LogP contribution in [-0.4, -0.2) is 38.2 Å². The minimum atomic E-state index is 0.322. The number of nitrogens with zero attached hydrogens (tertiary/aromatic N) is 5. The lowest BCUT2D eigenvalue weighted by molar-refractivity contribution is 0.311. The van der Waals surface area contributed by atoms with Gasteiger partial charge in [-0.15, -0.1) is 0 Å². The molecule has 1 aliphatic heterocycles. The van der Waals surface area contributed by atoms with Gasteiger partial charge in [-0.25, -0.2) is 9.97 Å². The van der Waals surface area contributed by atoms with Crippen molar-refractivity contribution in [1.29, 1.82) is 0 Å². The molecule has 0 unspecified atom stereocenters. The van der Waals surface area contributed by atoms with E-state index in [0.29, 0.717) is 12.1 Å². The Bertz CT molecular complexity index is 631. The molecule has 0 saturated carbocycles. The molecule has 2 aromatic heterocycles. The van der Waals surface area contributed by atoms with Gasteiger partial charge in [0.05, 0.1) is 23.1 Å². The van der Waals surface area contributed by atoms with Gasteiger partial charge in [-0.1, -0.05) is 0 Å². The Hall–Kier alpha value is -1.75. The highest BCUT2D eigenvalue weighted by molar-refractivity contribution is 5.55. The molecule has 0 aliphatic carbocycles. The largest absolute Gasteiger partial charge is 0.298 e. The summed E-state index contributed by atoms with van der Waals surface area (Å²) >= 11 is 0. The summed E-state index contributed by atoms with van der Waals surface area (Å²) in [5.41, 5.74) is 3.18. The van der Waals surface area contributed by atoms with Crippen LogP contribution < -0.4 is 0 Å². The lowest BCUT2D eigenvalue weighted by Crippen LogP contribution is -2.19. The lowest BCUT2D eigenvalue weighted by Gasteiger charge is -2.20. The van der Waals surface area contributed by atoms with Gasteiger partial charge in [0.2, 0.25) is 0 Å². The predicted molar refractivity (Wildman–Crippen MR) is 83.0 cm³/mol. The Labute approximate surface area is 126 Å². The Balaban J connectivity index is 2.03. The van der Waals surface area contributed by atoms with Crippen LogP contribution in [0.25, 0.3) is 11.4 Å². The maximum absolute atomic E-state index is 4.67. The molecular formula is C16H23N5. The van der Waals surface area contributed by atoms with E-state index in [1.165, 1.54) is 12.8 Å². The molecule has 0 N–H and O–H groups in total. The number of hydrogen-bond acceptors (Lipinski definition) is 4. The molecule has 0 aromatic carbocycles. The van der Waals surface area contributed by atoms with E-state index >= 15 is 0 Å². The molecule has 1 saturated heterocycles. The minimum absolute atomic E-state index is 0.322. The fraction of sp³-hybridized carbons (Fsp3) is 0.562. The van der Waals surface area contributed by atoms with Crippen LogP contribution in [0.5, 0.6) is 0 Å². The number of aryl methyl sites for hydroxylation is 1. The van der Waals surface area contributed by atoms with Crippen LogP contribution in [0.1, 0.15) is 50.3 Å². The van der Waals surface area contributed by atoms with Gasteiger partial charge in [-0.3, -0.25) is 9.58 Å². The topological polar surface area (TPSA) is 46.8 Å². The van der Waals surface area contributed by atoms with Gasteiger partial charge in [0.25, 0.3) is 0 Å². The Morgan fingerprint density at radius 2 is 2.10 bits per heavy atom. The van der Waals surface area contributed by atoms with Gasteiger partial charge in [-0.2, -0.15) is 5.10 Å². The molecule has 0 radical (unpaired) electrons. The highest BCUT2D eigenvalue weighted by Gasteiger charge is 2.25. The van der Waals surface area contributed by atoms with Crippen molar-refractivity contribution in [1.82, 2.24) is 24.6 Å². The van der Waals surface area contributed by atoms with Gasteiger partial charge in [0, 0.05) is 12.2 Å². The predicted octanol–water partition coefficient (Wildman–Crippen LogP) is 3.00. The van der Waals surface area contributed by atoms with E-state index < -0.39 is 0 Å². The van der Waals surface area contributed by atoms with Crippen molar-refractivity contribution in [2.24, 2.45) is 0 Å². The zero-order valence-corrected chi connectivity index (χ0v) is 13.2. The van der Waals surface area contributed by atoms with Crippen LogP contribution in [0.3, 0.4) is 0 Å².